The zero-order valence-electron chi connectivity index (χ0n) is 19.9. The van der Waals surface area contributed by atoms with Crippen molar-refractivity contribution in [2.75, 3.05) is 26.2 Å². The van der Waals surface area contributed by atoms with Gasteiger partial charge in [-0.25, -0.2) is 13.9 Å². The summed E-state index contributed by atoms with van der Waals surface area (Å²) in [5, 5.41) is 7.86. The van der Waals surface area contributed by atoms with Gasteiger partial charge in [-0.2, -0.15) is 5.10 Å². The maximum Gasteiger partial charge on any atom is 0.272 e. The summed E-state index contributed by atoms with van der Waals surface area (Å²) in [5.41, 5.74) is 1.92. The normalized spacial score (nSPS) is 13.7. The van der Waals surface area contributed by atoms with Gasteiger partial charge in [0.15, 0.2) is 0 Å². The molecule has 1 aliphatic heterocycles. The molecule has 1 fully saturated rings. The molecule has 0 bridgehead atoms. The second-order valence-electron chi connectivity index (χ2n) is 8.95. The molecule has 0 saturated carbocycles. The Kier molecular flexibility index (Phi) is 6.76. The van der Waals surface area contributed by atoms with E-state index in [9.17, 15) is 23.2 Å². The topological polar surface area (TPSA) is 86.4 Å². The van der Waals surface area contributed by atoms with E-state index in [0.717, 1.165) is 0 Å². The van der Waals surface area contributed by atoms with Crippen LogP contribution < -0.4 is 5.56 Å². The highest BCUT2D eigenvalue weighted by molar-refractivity contribution is 5.96. The molecule has 0 atom stereocenters. The van der Waals surface area contributed by atoms with Crippen LogP contribution in [0.15, 0.2) is 71.5 Å². The van der Waals surface area contributed by atoms with Crippen LogP contribution in [0, 0.1) is 5.82 Å². The van der Waals surface area contributed by atoms with Gasteiger partial charge in [-0.3, -0.25) is 14.4 Å². The SMILES string of the molecule is O=C(c1ccc(CF)cc1)N1CCN(C(=O)c2cc(Cc3n[nH]c(=O)c4ccccc34)ccc2F)CC1. The summed E-state index contributed by atoms with van der Waals surface area (Å²) in [6.45, 7) is 0.560. The van der Waals surface area contributed by atoms with Crippen molar-refractivity contribution in [2.45, 2.75) is 13.1 Å². The Hall–Kier alpha value is -4.40. The number of carbonyl (C=O) groups excluding carboxylic acids is 2. The number of hydrogen-bond acceptors (Lipinski definition) is 4. The molecule has 9 heteroatoms. The van der Waals surface area contributed by atoms with E-state index in [-0.39, 0.29) is 30.1 Å². The number of fused-ring (bicyclic) bond motifs is 1. The first kappa shape index (κ1) is 24.3. The van der Waals surface area contributed by atoms with E-state index < -0.39 is 18.4 Å². The molecule has 0 unspecified atom stereocenters. The highest BCUT2D eigenvalue weighted by atomic mass is 19.1. The minimum Gasteiger partial charge on any atom is -0.335 e. The smallest absolute Gasteiger partial charge is 0.272 e. The number of nitrogens with zero attached hydrogens (tertiary/aromatic N) is 3. The van der Waals surface area contributed by atoms with Crippen LogP contribution in [0.2, 0.25) is 0 Å². The average Bonchev–Trinajstić information content (AvgIpc) is 2.95. The predicted molar refractivity (Wildman–Crippen MR) is 135 cm³/mol. The Morgan fingerprint density at radius 3 is 2.14 bits per heavy atom. The van der Waals surface area contributed by atoms with Crippen molar-refractivity contribution in [3.05, 3.63) is 111 Å². The molecule has 2 heterocycles. The van der Waals surface area contributed by atoms with Gasteiger partial charge >= 0.3 is 0 Å². The summed E-state index contributed by atoms with van der Waals surface area (Å²) in [4.78, 5) is 41.2. The lowest BCUT2D eigenvalue weighted by Gasteiger charge is -2.35. The van der Waals surface area contributed by atoms with Crippen LogP contribution in [0.1, 0.15) is 37.5 Å². The lowest BCUT2D eigenvalue weighted by molar-refractivity contribution is 0.0532. The van der Waals surface area contributed by atoms with Crippen molar-refractivity contribution < 1.29 is 18.4 Å². The van der Waals surface area contributed by atoms with Crippen molar-refractivity contribution in [1.29, 1.82) is 0 Å². The molecule has 1 aromatic heterocycles. The predicted octanol–water partition coefficient (Wildman–Crippen LogP) is 3.72. The Morgan fingerprint density at radius 1 is 0.838 bits per heavy atom. The molecule has 188 valence electrons. The molecular weight excluding hydrogens is 478 g/mol. The van der Waals surface area contributed by atoms with E-state index in [1.807, 2.05) is 6.07 Å². The fourth-order valence-electron chi connectivity index (χ4n) is 4.55. The number of alkyl halides is 1. The number of aromatic nitrogens is 2. The minimum atomic E-state index is -0.625. The Labute approximate surface area is 211 Å². The molecule has 3 aromatic carbocycles. The Morgan fingerprint density at radius 2 is 1.46 bits per heavy atom. The van der Waals surface area contributed by atoms with Crippen LogP contribution in [0.25, 0.3) is 10.8 Å². The number of aromatic amines is 1. The third-order valence-corrected chi connectivity index (χ3v) is 6.62. The molecule has 1 saturated heterocycles. The van der Waals surface area contributed by atoms with Gasteiger partial charge in [0.2, 0.25) is 0 Å². The molecule has 4 aromatic rings. The summed E-state index contributed by atoms with van der Waals surface area (Å²) in [5.74, 6) is -1.26. The largest absolute Gasteiger partial charge is 0.335 e. The van der Waals surface area contributed by atoms with Gasteiger partial charge in [0.25, 0.3) is 17.4 Å². The van der Waals surface area contributed by atoms with Gasteiger partial charge in [0, 0.05) is 43.5 Å². The quantitative estimate of drug-likeness (QED) is 0.451. The second kappa shape index (κ2) is 10.3. The third kappa shape index (κ3) is 4.97. The molecule has 7 nitrogen and oxygen atoms in total. The van der Waals surface area contributed by atoms with Crippen LogP contribution in [0.4, 0.5) is 8.78 Å². The van der Waals surface area contributed by atoms with Gasteiger partial charge in [0.1, 0.15) is 12.5 Å². The van der Waals surface area contributed by atoms with E-state index in [0.29, 0.717) is 52.7 Å². The Bertz CT molecular complexity index is 1530. The number of nitrogens with one attached hydrogen (secondary N) is 1. The lowest BCUT2D eigenvalue weighted by atomic mass is 10.0. The standard InChI is InChI=1S/C28H24F2N4O3/c29-17-18-5-8-20(9-6-18)27(36)33-11-13-34(14-12-33)28(37)23-15-19(7-10-24(23)30)16-25-21-3-1-2-4-22(21)26(35)32-31-25/h1-10,15H,11-14,16-17H2,(H,32,35). The molecule has 1 N–H and O–H groups in total. The van der Waals surface area contributed by atoms with Gasteiger partial charge in [0.05, 0.1) is 16.6 Å². The number of hydrogen-bond donors (Lipinski definition) is 1. The highest BCUT2D eigenvalue weighted by Gasteiger charge is 2.27. The van der Waals surface area contributed by atoms with Crippen LogP contribution >= 0.6 is 0 Å². The molecule has 1 aliphatic rings. The van der Waals surface area contributed by atoms with Crippen LogP contribution in [0.5, 0.6) is 0 Å². The molecular formula is C28H24F2N4O3. The number of amides is 2. The van der Waals surface area contributed by atoms with Crippen molar-refractivity contribution in [3.8, 4) is 0 Å². The van der Waals surface area contributed by atoms with Gasteiger partial charge < -0.3 is 9.80 Å². The first-order valence-corrected chi connectivity index (χ1v) is 11.9. The van der Waals surface area contributed by atoms with Gasteiger partial charge in [-0.15, -0.1) is 0 Å². The summed E-state index contributed by atoms with van der Waals surface area (Å²) in [6, 6.07) is 17.8. The summed E-state index contributed by atoms with van der Waals surface area (Å²) in [6.07, 6.45) is 0.307. The molecule has 37 heavy (non-hydrogen) atoms. The summed E-state index contributed by atoms with van der Waals surface area (Å²) >= 11 is 0. The number of carbonyl (C=O) groups is 2. The number of benzene rings is 3. The highest BCUT2D eigenvalue weighted by Crippen LogP contribution is 2.20. The second-order valence-corrected chi connectivity index (χ2v) is 8.95. The molecule has 2 amide bonds. The summed E-state index contributed by atoms with van der Waals surface area (Å²) < 4.78 is 27.4. The molecule has 5 rings (SSSR count). The van der Waals surface area contributed by atoms with Crippen molar-refractivity contribution in [1.82, 2.24) is 20.0 Å². The fourth-order valence-corrected chi connectivity index (χ4v) is 4.55. The first-order chi connectivity index (χ1) is 17.9. The van der Waals surface area contributed by atoms with E-state index >= 15 is 0 Å². The van der Waals surface area contributed by atoms with Crippen molar-refractivity contribution in [2.24, 2.45) is 0 Å². The van der Waals surface area contributed by atoms with Gasteiger partial charge in [-0.05, 0) is 41.5 Å². The van der Waals surface area contributed by atoms with E-state index in [1.165, 1.54) is 17.0 Å². The minimum absolute atomic E-state index is 0.0483. The zero-order valence-corrected chi connectivity index (χ0v) is 19.9. The van der Waals surface area contributed by atoms with Crippen LogP contribution in [-0.2, 0) is 13.1 Å². The molecule has 0 radical (unpaired) electrons. The summed E-state index contributed by atoms with van der Waals surface area (Å²) in [7, 11) is 0. The first-order valence-electron chi connectivity index (χ1n) is 11.9. The number of rotatable bonds is 5. The fraction of sp³-hybridized carbons (Fsp3) is 0.214. The van der Waals surface area contributed by atoms with Gasteiger partial charge in [-0.1, -0.05) is 36.4 Å². The molecule has 0 aliphatic carbocycles. The number of halogens is 2. The third-order valence-electron chi connectivity index (χ3n) is 6.62. The van der Waals surface area contributed by atoms with Crippen molar-refractivity contribution >= 4 is 22.6 Å². The van der Waals surface area contributed by atoms with Crippen molar-refractivity contribution in [3.63, 3.8) is 0 Å². The number of piperazine rings is 1. The maximum atomic E-state index is 14.7. The molecule has 0 spiro atoms. The zero-order chi connectivity index (χ0) is 25.9. The number of H-pyrrole nitrogens is 1. The lowest BCUT2D eigenvalue weighted by Crippen LogP contribution is -2.50. The Balaban J connectivity index is 1.29. The van der Waals surface area contributed by atoms with Crippen LogP contribution in [-0.4, -0.2) is 58.0 Å². The van der Waals surface area contributed by atoms with E-state index in [4.69, 9.17) is 0 Å². The van der Waals surface area contributed by atoms with E-state index in [1.54, 1.807) is 53.4 Å². The monoisotopic (exact) mass is 502 g/mol. The van der Waals surface area contributed by atoms with E-state index in [2.05, 4.69) is 10.2 Å². The maximum absolute atomic E-state index is 14.7. The average molecular weight is 503 g/mol. The van der Waals surface area contributed by atoms with Crippen LogP contribution in [0.3, 0.4) is 0 Å².